The molecule has 0 unspecified atom stereocenters. The topological polar surface area (TPSA) is 81.4 Å². The van der Waals surface area contributed by atoms with E-state index in [4.69, 9.17) is 9.84 Å². The lowest BCUT2D eigenvalue weighted by molar-refractivity contribution is -0.114. The molecule has 1 amide bonds. The molecule has 142 valence electrons. The number of nitrogens with one attached hydrogen (secondary N) is 1. The molecule has 0 spiro atoms. The fourth-order valence-electron chi connectivity index (χ4n) is 2.99. The maximum absolute atomic E-state index is 11.5. The number of carbonyl (C=O) groups is 1. The molecule has 0 saturated carbocycles. The lowest BCUT2D eigenvalue weighted by atomic mass is 10.1. The molecule has 1 N–H and O–H groups in total. The van der Waals surface area contributed by atoms with Gasteiger partial charge < -0.3 is 10.1 Å². The summed E-state index contributed by atoms with van der Waals surface area (Å²) in [7, 11) is 1.63. The van der Waals surface area contributed by atoms with Crippen LogP contribution in [0.5, 0.6) is 5.75 Å². The zero-order valence-electron chi connectivity index (χ0n) is 15.8. The normalized spacial score (nSPS) is 12.9. The molecule has 1 aromatic heterocycles. The van der Waals surface area contributed by atoms with Crippen molar-refractivity contribution in [1.29, 1.82) is 0 Å². The first kappa shape index (κ1) is 18.2. The minimum atomic E-state index is -0.0974. The van der Waals surface area contributed by atoms with Crippen LogP contribution in [0.25, 0.3) is 11.4 Å². The molecule has 28 heavy (non-hydrogen) atoms. The van der Waals surface area contributed by atoms with Gasteiger partial charge in [-0.15, -0.1) is 10.2 Å². The van der Waals surface area contributed by atoms with Crippen molar-refractivity contribution in [3.05, 3.63) is 53.6 Å². The number of ether oxygens (including phenoxy) is 1. The van der Waals surface area contributed by atoms with Gasteiger partial charge in [0.15, 0.2) is 5.82 Å². The van der Waals surface area contributed by atoms with Gasteiger partial charge in [0.05, 0.1) is 18.4 Å². The van der Waals surface area contributed by atoms with Gasteiger partial charge in [-0.05, 0) is 30.7 Å². The average Bonchev–Trinajstić information content (AvgIpc) is 3.12. The largest absolute Gasteiger partial charge is 0.496 e. The number of nitrogens with zero attached hydrogens (tertiary/aromatic N) is 4. The first-order valence-electron chi connectivity index (χ1n) is 8.75. The monoisotopic (exact) mass is 393 g/mol. The SMILES string of the molecule is COc1ccccc1-c1nnc2n1N=C(c1ccc(C)c(NC(C)=O)c1)CS2. The molecule has 4 rings (SSSR count). The summed E-state index contributed by atoms with van der Waals surface area (Å²) in [5.74, 6) is 1.92. The van der Waals surface area contributed by atoms with Crippen LogP contribution in [0.2, 0.25) is 0 Å². The molecular weight excluding hydrogens is 374 g/mol. The lowest BCUT2D eigenvalue weighted by Crippen LogP contribution is -2.15. The highest BCUT2D eigenvalue weighted by atomic mass is 32.2. The zero-order chi connectivity index (χ0) is 19.7. The van der Waals surface area contributed by atoms with Crippen LogP contribution in [-0.2, 0) is 4.79 Å². The van der Waals surface area contributed by atoms with Crippen molar-refractivity contribution in [3.8, 4) is 17.1 Å². The van der Waals surface area contributed by atoms with Crippen LogP contribution in [0, 0.1) is 6.92 Å². The number of rotatable bonds is 4. The first-order valence-corrected chi connectivity index (χ1v) is 9.73. The lowest BCUT2D eigenvalue weighted by Gasteiger charge is -2.16. The van der Waals surface area contributed by atoms with E-state index in [1.807, 2.05) is 49.4 Å². The van der Waals surface area contributed by atoms with Gasteiger partial charge in [0.2, 0.25) is 11.1 Å². The predicted octanol–water partition coefficient (Wildman–Crippen LogP) is 3.58. The predicted molar refractivity (Wildman–Crippen MR) is 110 cm³/mol. The fourth-order valence-corrected chi connectivity index (χ4v) is 3.83. The molecule has 2 aromatic carbocycles. The minimum absolute atomic E-state index is 0.0974. The Bertz CT molecular complexity index is 1090. The van der Waals surface area contributed by atoms with E-state index in [0.717, 1.165) is 33.2 Å². The van der Waals surface area contributed by atoms with Gasteiger partial charge in [0.1, 0.15) is 5.75 Å². The number of carbonyl (C=O) groups excluding carboxylic acids is 1. The molecule has 1 aliphatic heterocycles. The second-order valence-electron chi connectivity index (χ2n) is 6.36. The fraction of sp³-hybridized carbons (Fsp3) is 0.200. The van der Waals surface area contributed by atoms with Crippen LogP contribution < -0.4 is 10.1 Å². The number of benzene rings is 2. The van der Waals surface area contributed by atoms with Crippen LogP contribution >= 0.6 is 11.8 Å². The number of anilines is 1. The van der Waals surface area contributed by atoms with E-state index in [1.54, 1.807) is 23.5 Å². The minimum Gasteiger partial charge on any atom is -0.496 e. The van der Waals surface area contributed by atoms with E-state index < -0.39 is 0 Å². The third kappa shape index (κ3) is 3.38. The quantitative estimate of drug-likeness (QED) is 0.733. The summed E-state index contributed by atoms with van der Waals surface area (Å²) in [6.45, 7) is 3.47. The van der Waals surface area contributed by atoms with Crippen molar-refractivity contribution in [1.82, 2.24) is 14.9 Å². The maximum Gasteiger partial charge on any atom is 0.221 e. The Balaban J connectivity index is 1.77. The highest BCUT2D eigenvalue weighted by molar-refractivity contribution is 7.99. The van der Waals surface area contributed by atoms with Gasteiger partial charge in [-0.1, -0.05) is 36.0 Å². The van der Waals surface area contributed by atoms with Crippen molar-refractivity contribution in [2.75, 3.05) is 18.2 Å². The Morgan fingerprint density at radius 2 is 2.04 bits per heavy atom. The van der Waals surface area contributed by atoms with E-state index in [1.165, 1.54) is 6.92 Å². The Labute approximate surface area is 166 Å². The number of aryl methyl sites for hydroxylation is 1. The van der Waals surface area contributed by atoms with Gasteiger partial charge in [-0.2, -0.15) is 9.78 Å². The highest BCUT2D eigenvalue weighted by Crippen LogP contribution is 2.33. The van der Waals surface area contributed by atoms with Gasteiger partial charge >= 0.3 is 0 Å². The second-order valence-corrected chi connectivity index (χ2v) is 7.31. The molecule has 2 heterocycles. The van der Waals surface area contributed by atoms with Crippen LogP contribution in [0.15, 0.2) is 52.7 Å². The van der Waals surface area contributed by atoms with Crippen LogP contribution in [0.4, 0.5) is 5.69 Å². The number of para-hydroxylation sites is 1. The van der Waals surface area contributed by atoms with Crippen molar-refractivity contribution < 1.29 is 9.53 Å². The van der Waals surface area contributed by atoms with Gasteiger partial charge in [-0.25, -0.2) is 0 Å². The molecule has 7 nitrogen and oxygen atoms in total. The number of fused-ring (bicyclic) bond motifs is 1. The Kier molecular flexibility index (Phi) is 4.87. The summed E-state index contributed by atoms with van der Waals surface area (Å²) >= 11 is 1.57. The summed E-state index contributed by atoms with van der Waals surface area (Å²) in [5.41, 5.74) is 4.46. The third-order valence-electron chi connectivity index (χ3n) is 4.40. The number of methoxy groups -OCH3 is 1. The van der Waals surface area contributed by atoms with Crippen LogP contribution in [0.1, 0.15) is 18.1 Å². The standard InChI is InChI=1S/C20H19N5O2S/c1-12-8-9-14(10-16(12)21-13(2)26)17-11-28-20-23-22-19(25(20)24-17)15-6-4-5-7-18(15)27-3/h4-10H,11H2,1-3H3,(H,21,26). The molecule has 3 aromatic rings. The first-order chi connectivity index (χ1) is 13.6. The van der Waals surface area contributed by atoms with E-state index >= 15 is 0 Å². The number of amides is 1. The molecule has 1 aliphatic rings. The molecule has 0 atom stereocenters. The Morgan fingerprint density at radius 1 is 1.21 bits per heavy atom. The molecule has 0 fully saturated rings. The van der Waals surface area contributed by atoms with Crippen molar-refractivity contribution >= 4 is 29.1 Å². The molecule has 0 saturated heterocycles. The Morgan fingerprint density at radius 3 is 2.82 bits per heavy atom. The third-order valence-corrected chi connectivity index (χ3v) is 5.33. The number of hydrogen-bond donors (Lipinski definition) is 1. The van der Waals surface area contributed by atoms with E-state index in [-0.39, 0.29) is 5.91 Å². The summed E-state index contributed by atoms with van der Waals surface area (Å²) in [4.78, 5) is 11.5. The van der Waals surface area contributed by atoms with Crippen LogP contribution in [-0.4, -0.2) is 39.4 Å². The molecule has 0 bridgehead atoms. The summed E-state index contributed by atoms with van der Waals surface area (Å²) in [6.07, 6.45) is 0. The number of aromatic nitrogens is 3. The smallest absolute Gasteiger partial charge is 0.221 e. The Hall–Kier alpha value is -3.13. The van der Waals surface area contributed by atoms with Crippen molar-refractivity contribution in [2.45, 2.75) is 19.0 Å². The average molecular weight is 393 g/mol. The molecule has 0 radical (unpaired) electrons. The van der Waals surface area contributed by atoms with E-state index in [0.29, 0.717) is 17.3 Å². The number of thioether (sulfide) groups is 1. The van der Waals surface area contributed by atoms with Crippen molar-refractivity contribution in [3.63, 3.8) is 0 Å². The highest BCUT2D eigenvalue weighted by Gasteiger charge is 2.22. The summed E-state index contributed by atoms with van der Waals surface area (Å²) in [5, 5.41) is 17.0. The van der Waals surface area contributed by atoms with Crippen molar-refractivity contribution in [2.24, 2.45) is 5.10 Å². The van der Waals surface area contributed by atoms with Gasteiger partial charge in [-0.3, -0.25) is 4.79 Å². The zero-order valence-corrected chi connectivity index (χ0v) is 16.6. The summed E-state index contributed by atoms with van der Waals surface area (Å²) in [6, 6.07) is 13.6. The van der Waals surface area contributed by atoms with E-state index in [2.05, 4.69) is 15.5 Å². The summed E-state index contributed by atoms with van der Waals surface area (Å²) < 4.78 is 7.21. The van der Waals surface area contributed by atoms with Gasteiger partial charge in [0, 0.05) is 23.9 Å². The molecule has 0 aliphatic carbocycles. The number of hydrogen-bond acceptors (Lipinski definition) is 6. The van der Waals surface area contributed by atoms with E-state index in [9.17, 15) is 4.79 Å². The molecule has 8 heteroatoms. The maximum atomic E-state index is 11.5. The van der Waals surface area contributed by atoms with Gasteiger partial charge in [0.25, 0.3) is 0 Å². The van der Waals surface area contributed by atoms with Crippen LogP contribution in [0.3, 0.4) is 0 Å². The second kappa shape index (κ2) is 7.47. The molecular formula is C20H19N5O2S.